The zero-order valence-corrected chi connectivity index (χ0v) is 9.36. The zero-order valence-electron chi connectivity index (χ0n) is 9.36. The number of aliphatic hydroxyl groups excluding tert-OH is 1. The highest BCUT2D eigenvalue weighted by atomic mass is 16.3. The minimum atomic E-state index is -1.05. The first kappa shape index (κ1) is 12.3. The standard InChI is InChI=1S/C14H14O2/c1-14(2,16)11-7-6-10-13(15)12-8-4-3-5-9-12/h3-5,8-9,13,15-16H,1-2H3. The van der Waals surface area contributed by atoms with Gasteiger partial charge in [-0.3, -0.25) is 0 Å². The monoisotopic (exact) mass is 214 g/mol. The van der Waals surface area contributed by atoms with Crippen molar-refractivity contribution in [3.05, 3.63) is 35.9 Å². The molecule has 0 aliphatic heterocycles. The van der Waals surface area contributed by atoms with Crippen LogP contribution in [0.3, 0.4) is 0 Å². The van der Waals surface area contributed by atoms with Crippen molar-refractivity contribution in [1.82, 2.24) is 0 Å². The van der Waals surface area contributed by atoms with E-state index in [9.17, 15) is 10.2 Å². The Hall–Kier alpha value is -1.74. The summed E-state index contributed by atoms with van der Waals surface area (Å²) in [5.74, 6) is 10.2. The molecule has 1 atom stereocenters. The summed E-state index contributed by atoms with van der Waals surface area (Å²) in [6.07, 6.45) is -0.836. The van der Waals surface area contributed by atoms with E-state index in [2.05, 4.69) is 23.7 Å². The lowest BCUT2D eigenvalue weighted by Crippen LogP contribution is -2.14. The lowest BCUT2D eigenvalue weighted by molar-refractivity contribution is 0.143. The van der Waals surface area contributed by atoms with Gasteiger partial charge < -0.3 is 10.2 Å². The van der Waals surface area contributed by atoms with E-state index in [0.29, 0.717) is 0 Å². The maximum absolute atomic E-state index is 9.65. The van der Waals surface area contributed by atoms with Crippen molar-refractivity contribution >= 4 is 0 Å². The number of rotatable bonds is 1. The summed E-state index contributed by atoms with van der Waals surface area (Å²) in [5.41, 5.74) is -0.313. The molecule has 0 aliphatic rings. The molecule has 0 radical (unpaired) electrons. The molecular formula is C14H14O2. The van der Waals surface area contributed by atoms with Crippen molar-refractivity contribution < 1.29 is 10.2 Å². The molecule has 2 nitrogen and oxygen atoms in total. The third-order valence-electron chi connectivity index (χ3n) is 1.76. The summed E-state index contributed by atoms with van der Waals surface area (Å²) in [4.78, 5) is 0. The van der Waals surface area contributed by atoms with Gasteiger partial charge in [-0.05, 0) is 31.3 Å². The Morgan fingerprint density at radius 1 is 1.12 bits per heavy atom. The van der Waals surface area contributed by atoms with Gasteiger partial charge in [0.15, 0.2) is 0 Å². The van der Waals surface area contributed by atoms with Crippen molar-refractivity contribution in [1.29, 1.82) is 0 Å². The van der Waals surface area contributed by atoms with Gasteiger partial charge in [-0.25, -0.2) is 0 Å². The van der Waals surface area contributed by atoms with E-state index in [-0.39, 0.29) is 0 Å². The normalized spacial score (nSPS) is 11.8. The summed E-state index contributed by atoms with van der Waals surface area (Å²) in [6, 6.07) is 9.13. The van der Waals surface area contributed by atoms with Crippen LogP contribution in [0.2, 0.25) is 0 Å². The molecule has 0 fully saturated rings. The molecule has 0 amide bonds. The molecule has 2 heteroatoms. The van der Waals surface area contributed by atoms with E-state index in [1.807, 2.05) is 18.2 Å². The average molecular weight is 214 g/mol. The minimum Gasteiger partial charge on any atom is -0.378 e. The Balaban J connectivity index is 2.69. The topological polar surface area (TPSA) is 40.5 Å². The van der Waals surface area contributed by atoms with Crippen LogP contribution in [0.5, 0.6) is 0 Å². The quantitative estimate of drug-likeness (QED) is 0.695. The molecule has 1 unspecified atom stereocenters. The molecule has 0 saturated carbocycles. The molecular weight excluding hydrogens is 200 g/mol. The molecule has 1 aromatic rings. The van der Waals surface area contributed by atoms with Crippen molar-refractivity contribution in [2.24, 2.45) is 0 Å². The highest BCUT2D eigenvalue weighted by Gasteiger charge is 2.05. The number of hydrogen-bond donors (Lipinski definition) is 2. The third-order valence-corrected chi connectivity index (χ3v) is 1.76. The summed E-state index contributed by atoms with van der Waals surface area (Å²) < 4.78 is 0. The number of benzene rings is 1. The second-order valence-electron chi connectivity index (χ2n) is 3.89. The maximum Gasteiger partial charge on any atom is 0.141 e. The summed E-state index contributed by atoms with van der Waals surface area (Å²) >= 11 is 0. The van der Waals surface area contributed by atoms with Crippen molar-refractivity contribution in [3.8, 4) is 23.7 Å². The minimum absolute atomic E-state index is 0.736. The second kappa shape index (κ2) is 5.37. The van der Waals surface area contributed by atoms with Crippen molar-refractivity contribution in [3.63, 3.8) is 0 Å². The lowest BCUT2D eigenvalue weighted by atomic mass is 10.1. The molecule has 0 aromatic heterocycles. The van der Waals surface area contributed by atoms with Crippen LogP contribution in [0.1, 0.15) is 25.5 Å². The fourth-order valence-electron chi connectivity index (χ4n) is 1.01. The third kappa shape index (κ3) is 4.66. The van der Waals surface area contributed by atoms with Gasteiger partial charge in [-0.1, -0.05) is 42.2 Å². The molecule has 0 aliphatic carbocycles. The van der Waals surface area contributed by atoms with E-state index in [1.165, 1.54) is 0 Å². The Labute approximate surface area is 95.9 Å². The highest BCUT2D eigenvalue weighted by Crippen LogP contribution is 2.09. The maximum atomic E-state index is 9.65. The Morgan fingerprint density at radius 3 is 2.31 bits per heavy atom. The average Bonchev–Trinajstić information content (AvgIpc) is 2.24. The molecule has 82 valence electrons. The molecule has 2 N–H and O–H groups in total. The molecule has 0 spiro atoms. The van der Waals surface area contributed by atoms with E-state index >= 15 is 0 Å². The Bertz CT molecular complexity index is 447. The smallest absolute Gasteiger partial charge is 0.141 e. The molecule has 0 bridgehead atoms. The second-order valence-corrected chi connectivity index (χ2v) is 3.89. The van der Waals surface area contributed by atoms with Crippen LogP contribution in [0.25, 0.3) is 0 Å². The predicted octanol–water partition coefficient (Wildman–Crippen LogP) is 1.50. The van der Waals surface area contributed by atoms with Crippen molar-refractivity contribution in [2.75, 3.05) is 0 Å². The number of aliphatic hydroxyl groups is 2. The SMILES string of the molecule is CC(C)(O)C#CC#CC(O)c1ccccc1. The largest absolute Gasteiger partial charge is 0.378 e. The van der Waals surface area contributed by atoms with Crippen molar-refractivity contribution in [2.45, 2.75) is 25.6 Å². The van der Waals surface area contributed by atoms with Crippen LogP contribution in [0.4, 0.5) is 0 Å². The molecule has 16 heavy (non-hydrogen) atoms. The van der Waals surface area contributed by atoms with Crippen LogP contribution >= 0.6 is 0 Å². The fourth-order valence-corrected chi connectivity index (χ4v) is 1.01. The van der Waals surface area contributed by atoms with Gasteiger partial charge in [0.1, 0.15) is 11.7 Å². The fraction of sp³-hybridized carbons (Fsp3) is 0.286. The van der Waals surface area contributed by atoms with Crippen LogP contribution in [-0.4, -0.2) is 15.8 Å². The van der Waals surface area contributed by atoms with Gasteiger partial charge in [0, 0.05) is 0 Å². The summed E-state index contributed by atoms with van der Waals surface area (Å²) in [5, 5.41) is 18.9. The van der Waals surface area contributed by atoms with Gasteiger partial charge >= 0.3 is 0 Å². The molecule has 1 rings (SSSR count). The van der Waals surface area contributed by atoms with E-state index in [0.717, 1.165) is 5.56 Å². The van der Waals surface area contributed by atoms with Gasteiger partial charge in [0.25, 0.3) is 0 Å². The first-order valence-electron chi connectivity index (χ1n) is 4.97. The molecule has 0 heterocycles. The predicted molar refractivity (Wildman–Crippen MR) is 63.3 cm³/mol. The van der Waals surface area contributed by atoms with Crippen LogP contribution < -0.4 is 0 Å². The van der Waals surface area contributed by atoms with Gasteiger partial charge in [-0.15, -0.1) is 0 Å². The van der Waals surface area contributed by atoms with Crippen LogP contribution in [0, 0.1) is 23.7 Å². The Kier molecular flexibility index (Phi) is 4.14. The Morgan fingerprint density at radius 2 is 1.75 bits per heavy atom. The van der Waals surface area contributed by atoms with Crippen LogP contribution in [-0.2, 0) is 0 Å². The number of hydrogen-bond acceptors (Lipinski definition) is 2. The van der Waals surface area contributed by atoms with E-state index < -0.39 is 11.7 Å². The zero-order chi connectivity index (χ0) is 12.0. The summed E-state index contributed by atoms with van der Waals surface area (Å²) in [6.45, 7) is 3.16. The van der Waals surface area contributed by atoms with E-state index in [4.69, 9.17) is 0 Å². The van der Waals surface area contributed by atoms with E-state index in [1.54, 1.807) is 26.0 Å². The van der Waals surface area contributed by atoms with Gasteiger partial charge in [0.2, 0.25) is 0 Å². The first-order valence-corrected chi connectivity index (χ1v) is 4.97. The van der Waals surface area contributed by atoms with Gasteiger partial charge in [-0.2, -0.15) is 0 Å². The molecule has 1 aromatic carbocycles. The summed E-state index contributed by atoms with van der Waals surface area (Å²) in [7, 11) is 0. The lowest BCUT2D eigenvalue weighted by Gasteiger charge is -2.04. The highest BCUT2D eigenvalue weighted by molar-refractivity contribution is 5.33. The first-order chi connectivity index (χ1) is 7.49. The molecule has 0 saturated heterocycles. The van der Waals surface area contributed by atoms with Crippen LogP contribution in [0.15, 0.2) is 30.3 Å². The van der Waals surface area contributed by atoms with Gasteiger partial charge in [0.05, 0.1) is 0 Å².